The summed E-state index contributed by atoms with van der Waals surface area (Å²) < 4.78 is 5.11. The van der Waals surface area contributed by atoms with Gasteiger partial charge in [-0.05, 0) is 29.2 Å². The van der Waals surface area contributed by atoms with Crippen LogP contribution in [0.25, 0.3) is 0 Å². The minimum atomic E-state index is -0.166. The number of ether oxygens (including phenoxy) is 1. The van der Waals surface area contributed by atoms with Crippen molar-refractivity contribution >= 4 is 6.03 Å². The number of aryl methyl sites for hydroxylation is 1. The van der Waals surface area contributed by atoms with Crippen LogP contribution in [0.4, 0.5) is 4.79 Å². The molecule has 4 nitrogen and oxygen atoms in total. The maximum Gasteiger partial charge on any atom is 0.315 e. The van der Waals surface area contributed by atoms with Gasteiger partial charge < -0.3 is 15.4 Å². The number of rotatable bonds is 6. The first kappa shape index (κ1) is 16.0. The minimum absolute atomic E-state index is 0.166. The Kier molecular flexibility index (Phi) is 5.98. The predicted octanol–water partition coefficient (Wildman–Crippen LogP) is 3.14. The molecule has 0 atom stereocenters. The summed E-state index contributed by atoms with van der Waals surface area (Å²) in [5.41, 5.74) is 4.46. The third-order valence-electron chi connectivity index (χ3n) is 3.46. The van der Waals surface area contributed by atoms with Crippen LogP contribution in [0.3, 0.4) is 0 Å². The first-order valence-electron chi connectivity index (χ1n) is 7.32. The fraction of sp³-hybridized carbons (Fsp3) is 0.278. The number of urea groups is 1. The van der Waals surface area contributed by atoms with Crippen molar-refractivity contribution in [2.45, 2.75) is 26.6 Å². The van der Waals surface area contributed by atoms with E-state index in [9.17, 15) is 4.79 Å². The monoisotopic (exact) mass is 298 g/mol. The summed E-state index contributed by atoms with van der Waals surface area (Å²) in [4.78, 5) is 11.9. The molecule has 116 valence electrons. The first-order valence-corrected chi connectivity index (χ1v) is 7.32. The van der Waals surface area contributed by atoms with Gasteiger partial charge >= 0.3 is 6.03 Å². The Bertz CT molecular complexity index is 626. The average molecular weight is 298 g/mol. The van der Waals surface area contributed by atoms with E-state index in [2.05, 4.69) is 10.6 Å². The highest BCUT2D eigenvalue weighted by Crippen LogP contribution is 2.07. The van der Waals surface area contributed by atoms with Gasteiger partial charge in [0.05, 0.1) is 6.61 Å². The van der Waals surface area contributed by atoms with Crippen LogP contribution in [0.15, 0.2) is 48.5 Å². The van der Waals surface area contributed by atoms with E-state index in [1.165, 1.54) is 5.56 Å². The zero-order valence-corrected chi connectivity index (χ0v) is 13.1. The second-order valence-corrected chi connectivity index (χ2v) is 5.22. The fourth-order valence-corrected chi connectivity index (χ4v) is 2.22. The molecule has 0 fully saturated rings. The molecule has 2 rings (SSSR count). The summed E-state index contributed by atoms with van der Waals surface area (Å²) in [5, 5.41) is 5.74. The van der Waals surface area contributed by atoms with Gasteiger partial charge in [-0.1, -0.05) is 48.5 Å². The lowest BCUT2D eigenvalue weighted by Gasteiger charge is -2.10. The van der Waals surface area contributed by atoms with Crippen molar-refractivity contribution < 1.29 is 9.53 Å². The summed E-state index contributed by atoms with van der Waals surface area (Å²) in [6.07, 6.45) is 0. The van der Waals surface area contributed by atoms with Gasteiger partial charge in [0.25, 0.3) is 0 Å². The fourth-order valence-electron chi connectivity index (χ4n) is 2.22. The lowest BCUT2D eigenvalue weighted by molar-refractivity contribution is 0.185. The summed E-state index contributed by atoms with van der Waals surface area (Å²) in [5.74, 6) is 0. The van der Waals surface area contributed by atoms with Crippen molar-refractivity contribution in [2.24, 2.45) is 0 Å². The molecule has 0 aliphatic carbocycles. The highest BCUT2D eigenvalue weighted by atomic mass is 16.5. The SMILES string of the molecule is COCc1cccc(CNC(=O)NCc2ccccc2C)c1. The largest absolute Gasteiger partial charge is 0.380 e. The zero-order chi connectivity index (χ0) is 15.8. The molecule has 0 aliphatic rings. The van der Waals surface area contributed by atoms with E-state index in [0.717, 1.165) is 16.7 Å². The Morgan fingerprint density at radius 2 is 1.73 bits per heavy atom. The third-order valence-corrected chi connectivity index (χ3v) is 3.46. The Balaban J connectivity index is 1.80. The van der Waals surface area contributed by atoms with Crippen LogP contribution in [0.2, 0.25) is 0 Å². The summed E-state index contributed by atoms with van der Waals surface area (Å²) in [6, 6.07) is 15.9. The second-order valence-electron chi connectivity index (χ2n) is 5.22. The van der Waals surface area contributed by atoms with E-state index in [1.807, 2.05) is 55.5 Å². The maximum atomic E-state index is 11.9. The van der Waals surface area contributed by atoms with Crippen molar-refractivity contribution in [1.29, 1.82) is 0 Å². The minimum Gasteiger partial charge on any atom is -0.380 e. The average Bonchev–Trinajstić information content (AvgIpc) is 2.53. The molecule has 0 spiro atoms. The van der Waals surface area contributed by atoms with Crippen molar-refractivity contribution in [2.75, 3.05) is 7.11 Å². The normalized spacial score (nSPS) is 10.3. The van der Waals surface area contributed by atoms with Gasteiger partial charge in [-0.15, -0.1) is 0 Å². The van der Waals surface area contributed by atoms with E-state index < -0.39 is 0 Å². The summed E-state index contributed by atoms with van der Waals surface area (Å²) >= 11 is 0. The van der Waals surface area contributed by atoms with Crippen LogP contribution in [0.1, 0.15) is 22.3 Å². The number of hydrogen-bond donors (Lipinski definition) is 2. The molecule has 2 N–H and O–H groups in total. The van der Waals surface area contributed by atoms with Crippen LogP contribution in [-0.2, 0) is 24.4 Å². The van der Waals surface area contributed by atoms with Gasteiger partial charge in [0, 0.05) is 20.2 Å². The highest BCUT2D eigenvalue weighted by Gasteiger charge is 2.03. The van der Waals surface area contributed by atoms with Gasteiger partial charge in [-0.25, -0.2) is 4.79 Å². The number of carbonyl (C=O) groups excluding carboxylic acids is 1. The standard InChI is InChI=1S/C18H22N2O2/c1-14-6-3-4-9-17(14)12-20-18(21)19-11-15-7-5-8-16(10-15)13-22-2/h3-10H,11-13H2,1-2H3,(H2,19,20,21). The smallest absolute Gasteiger partial charge is 0.315 e. The van der Waals surface area contributed by atoms with E-state index in [1.54, 1.807) is 7.11 Å². The van der Waals surface area contributed by atoms with Gasteiger partial charge in [0.1, 0.15) is 0 Å². The van der Waals surface area contributed by atoms with Crippen LogP contribution < -0.4 is 10.6 Å². The number of nitrogens with one attached hydrogen (secondary N) is 2. The molecule has 0 radical (unpaired) electrons. The van der Waals surface area contributed by atoms with Gasteiger partial charge in [-0.3, -0.25) is 0 Å². The second kappa shape index (κ2) is 8.20. The summed E-state index contributed by atoms with van der Waals surface area (Å²) in [7, 11) is 1.67. The Labute approximate surface area is 131 Å². The van der Waals surface area contributed by atoms with Gasteiger partial charge in [0.2, 0.25) is 0 Å². The molecule has 0 unspecified atom stereocenters. The molecule has 0 aliphatic heterocycles. The molecule has 0 saturated carbocycles. The molecule has 0 heterocycles. The van der Waals surface area contributed by atoms with Crippen molar-refractivity contribution in [3.63, 3.8) is 0 Å². The zero-order valence-electron chi connectivity index (χ0n) is 13.1. The van der Waals surface area contributed by atoms with Gasteiger partial charge in [-0.2, -0.15) is 0 Å². The van der Waals surface area contributed by atoms with Crippen LogP contribution in [-0.4, -0.2) is 13.1 Å². The Morgan fingerprint density at radius 1 is 1.00 bits per heavy atom. The van der Waals surface area contributed by atoms with Crippen LogP contribution in [0.5, 0.6) is 0 Å². The molecule has 0 saturated heterocycles. The topological polar surface area (TPSA) is 50.4 Å². The quantitative estimate of drug-likeness (QED) is 0.861. The van der Waals surface area contributed by atoms with Crippen molar-refractivity contribution in [3.8, 4) is 0 Å². The van der Waals surface area contributed by atoms with E-state index in [4.69, 9.17) is 4.74 Å². The predicted molar refractivity (Wildman–Crippen MR) is 87.4 cm³/mol. The number of methoxy groups -OCH3 is 1. The molecular formula is C18H22N2O2. The molecule has 2 amide bonds. The third kappa shape index (κ3) is 4.90. The molecule has 0 aromatic heterocycles. The maximum absolute atomic E-state index is 11.9. The lowest BCUT2D eigenvalue weighted by Crippen LogP contribution is -2.34. The number of hydrogen-bond acceptors (Lipinski definition) is 2. The number of carbonyl (C=O) groups is 1. The van der Waals surface area contributed by atoms with Crippen LogP contribution in [0, 0.1) is 6.92 Å². The molecular weight excluding hydrogens is 276 g/mol. The van der Waals surface area contributed by atoms with E-state index in [-0.39, 0.29) is 6.03 Å². The first-order chi connectivity index (χ1) is 10.7. The van der Waals surface area contributed by atoms with E-state index >= 15 is 0 Å². The molecule has 2 aromatic carbocycles. The van der Waals surface area contributed by atoms with Crippen LogP contribution >= 0.6 is 0 Å². The molecule has 22 heavy (non-hydrogen) atoms. The van der Waals surface area contributed by atoms with Crippen molar-refractivity contribution in [1.82, 2.24) is 10.6 Å². The van der Waals surface area contributed by atoms with Gasteiger partial charge in [0.15, 0.2) is 0 Å². The molecule has 0 bridgehead atoms. The Hall–Kier alpha value is -2.33. The summed E-state index contributed by atoms with van der Waals surface area (Å²) in [6.45, 7) is 3.64. The van der Waals surface area contributed by atoms with E-state index in [0.29, 0.717) is 19.7 Å². The molecule has 2 aromatic rings. The Morgan fingerprint density at radius 3 is 2.50 bits per heavy atom. The van der Waals surface area contributed by atoms with Crippen molar-refractivity contribution in [3.05, 3.63) is 70.8 Å². The molecule has 4 heteroatoms. The number of benzene rings is 2. The highest BCUT2D eigenvalue weighted by molar-refractivity contribution is 5.73. The lowest BCUT2D eigenvalue weighted by atomic mass is 10.1. The number of amides is 2.